The Morgan fingerprint density at radius 1 is 1.18 bits per heavy atom. The number of hydrogen-bond donors (Lipinski definition) is 3. The lowest BCUT2D eigenvalue weighted by Crippen LogP contribution is -2.57. The Kier molecular flexibility index (Phi) is 7.78. The van der Waals surface area contributed by atoms with Crippen molar-refractivity contribution in [3.8, 4) is 6.07 Å². The van der Waals surface area contributed by atoms with Crippen molar-refractivity contribution in [3.63, 3.8) is 0 Å². The van der Waals surface area contributed by atoms with Crippen molar-refractivity contribution in [2.24, 2.45) is 0 Å². The van der Waals surface area contributed by atoms with Crippen LogP contribution in [-0.4, -0.2) is 115 Å². The van der Waals surface area contributed by atoms with Crippen LogP contribution >= 0.6 is 0 Å². The van der Waals surface area contributed by atoms with Gasteiger partial charge in [-0.15, -0.1) is 0 Å². The number of piperazine rings is 1. The summed E-state index contributed by atoms with van der Waals surface area (Å²) in [6.07, 6.45) is 0.258. The normalized spacial score (nSPS) is 21.8. The van der Waals surface area contributed by atoms with Gasteiger partial charge in [-0.25, -0.2) is 9.59 Å². The maximum Gasteiger partial charge on any atom is 0.328 e. The van der Waals surface area contributed by atoms with Gasteiger partial charge in [-0.05, 0) is 0 Å². The van der Waals surface area contributed by atoms with E-state index < -0.39 is 41.8 Å². The maximum atomic E-state index is 12.6. The van der Waals surface area contributed by atoms with Crippen LogP contribution in [0.25, 0.3) is 0 Å². The average molecular weight is 463 g/mol. The molecule has 3 heterocycles. The molecule has 0 aromatic heterocycles. The number of urea groups is 1. The number of rotatable bonds is 8. The van der Waals surface area contributed by atoms with Crippen LogP contribution in [0.1, 0.15) is 12.8 Å². The number of nitriles is 1. The van der Waals surface area contributed by atoms with Gasteiger partial charge in [0.15, 0.2) is 0 Å². The number of cyclic esters (lactones) is 1. The van der Waals surface area contributed by atoms with E-state index in [0.717, 1.165) is 4.90 Å². The third-order valence-electron chi connectivity index (χ3n) is 5.62. The van der Waals surface area contributed by atoms with E-state index in [2.05, 4.69) is 16.0 Å². The van der Waals surface area contributed by atoms with E-state index in [1.165, 1.54) is 4.90 Å². The fraction of sp³-hybridized carbons (Fsp3) is 0.632. The summed E-state index contributed by atoms with van der Waals surface area (Å²) >= 11 is 0. The monoisotopic (exact) mass is 463 g/mol. The van der Waals surface area contributed by atoms with Crippen molar-refractivity contribution in [2.45, 2.75) is 24.9 Å². The molecule has 3 rings (SSSR count). The molecule has 0 aliphatic carbocycles. The molecule has 0 saturated carbocycles. The van der Waals surface area contributed by atoms with Crippen LogP contribution in [0.2, 0.25) is 0 Å². The second-order valence-electron chi connectivity index (χ2n) is 7.73. The fourth-order valence-corrected chi connectivity index (χ4v) is 3.77. The number of amides is 6. The predicted molar refractivity (Wildman–Crippen MR) is 108 cm³/mol. The van der Waals surface area contributed by atoms with Crippen molar-refractivity contribution in [2.75, 3.05) is 52.4 Å². The zero-order valence-electron chi connectivity index (χ0n) is 17.9. The minimum absolute atomic E-state index is 0.112. The number of ether oxygens (including phenoxy) is 1. The van der Waals surface area contributed by atoms with Crippen LogP contribution in [0.4, 0.5) is 4.79 Å². The lowest BCUT2D eigenvalue weighted by molar-refractivity contribution is -0.141. The molecule has 0 radical (unpaired) electrons. The Morgan fingerprint density at radius 3 is 2.48 bits per heavy atom. The zero-order chi connectivity index (χ0) is 24.0. The lowest BCUT2D eigenvalue weighted by Gasteiger charge is -2.38. The summed E-state index contributed by atoms with van der Waals surface area (Å²) in [5, 5.41) is 16.4. The summed E-state index contributed by atoms with van der Waals surface area (Å²) in [6.45, 7) is 0.497. The molecule has 2 atom stereocenters. The molecule has 0 bridgehead atoms. The van der Waals surface area contributed by atoms with E-state index in [0.29, 0.717) is 19.5 Å². The summed E-state index contributed by atoms with van der Waals surface area (Å²) in [6, 6.07) is -0.191. The molecule has 14 nitrogen and oxygen atoms in total. The van der Waals surface area contributed by atoms with Crippen LogP contribution in [-0.2, 0) is 28.7 Å². The molecule has 0 spiro atoms. The predicted octanol–water partition coefficient (Wildman–Crippen LogP) is -3.49. The van der Waals surface area contributed by atoms with E-state index in [4.69, 9.17) is 10.00 Å². The number of hydrogen-bond acceptors (Lipinski definition) is 9. The molecule has 2 unspecified atom stereocenters. The Labute approximate surface area is 189 Å². The van der Waals surface area contributed by atoms with Gasteiger partial charge in [0.1, 0.15) is 18.6 Å². The van der Waals surface area contributed by atoms with Gasteiger partial charge in [0.25, 0.3) is 5.91 Å². The quantitative estimate of drug-likeness (QED) is 0.243. The smallest absolute Gasteiger partial charge is 0.328 e. The molecule has 3 fully saturated rings. The Bertz CT molecular complexity index is 862. The summed E-state index contributed by atoms with van der Waals surface area (Å²) < 4.78 is 4.76. The zero-order valence-corrected chi connectivity index (χ0v) is 17.9. The van der Waals surface area contributed by atoms with E-state index in [-0.39, 0.29) is 51.7 Å². The van der Waals surface area contributed by atoms with Crippen molar-refractivity contribution in [1.82, 2.24) is 30.7 Å². The minimum atomic E-state index is -0.817. The summed E-state index contributed by atoms with van der Waals surface area (Å²) in [4.78, 5) is 75.8. The summed E-state index contributed by atoms with van der Waals surface area (Å²) in [7, 11) is 0. The number of carbonyl (C=O) groups is 6. The Balaban J connectivity index is 1.46. The molecule has 0 aromatic carbocycles. The summed E-state index contributed by atoms with van der Waals surface area (Å²) in [5.41, 5.74) is 0. The van der Waals surface area contributed by atoms with Crippen LogP contribution < -0.4 is 16.0 Å². The largest absolute Gasteiger partial charge is 0.464 e. The number of esters is 1. The SMILES string of the molecule is N#CCC(C(=O)NCC(=O)NC1CCOC1=O)N1CCN(C(=O)CN2C(=O)CNC2=O)CC1. The van der Waals surface area contributed by atoms with Gasteiger partial charge in [0, 0.05) is 32.6 Å². The Morgan fingerprint density at radius 2 is 1.91 bits per heavy atom. The number of nitrogens with one attached hydrogen (secondary N) is 3. The molecule has 6 amide bonds. The second-order valence-corrected chi connectivity index (χ2v) is 7.73. The van der Waals surface area contributed by atoms with Gasteiger partial charge >= 0.3 is 12.0 Å². The molecule has 3 saturated heterocycles. The molecular formula is C19H25N7O7. The molecule has 14 heteroatoms. The molecular weight excluding hydrogens is 438 g/mol. The standard InChI is InChI=1S/C19H25N7O7/c20-3-1-13(17(30)21-9-14(27)23-12-2-8-33-18(12)31)24-4-6-25(7-5-24)16(29)11-26-15(28)10-22-19(26)32/h12-13H,1-2,4-11H2,(H,21,30)(H,22,32)(H,23,27). The van der Waals surface area contributed by atoms with Crippen molar-refractivity contribution in [3.05, 3.63) is 0 Å². The number of carbonyl (C=O) groups excluding carboxylic acids is 6. The molecule has 3 aliphatic rings. The van der Waals surface area contributed by atoms with Crippen LogP contribution in [0.3, 0.4) is 0 Å². The van der Waals surface area contributed by atoms with Crippen LogP contribution in [0.15, 0.2) is 0 Å². The van der Waals surface area contributed by atoms with E-state index in [9.17, 15) is 28.8 Å². The highest BCUT2D eigenvalue weighted by Gasteiger charge is 2.34. The molecule has 0 aromatic rings. The van der Waals surface area contributed by atoms with Crippen LogP contribution in [0.5, 0.6) is 0 Å². The lowest BCUT2D eigenvalue weighted by atomic mass is 10.1. The first-order valence-electron chi connectivity index (χ1n) is 10.5. The van der Waals surface area contributed by atoms with Gasteiger partial charge < -0.3 is 25.6 Å². The van der Waals surface area contributed by atoms with Crippen molar-refractivity contribution >= 4 is 35.6 Å². The third-order valence-corrected chi connectivity index (χ3v) is 5.62. The molecule has 3 aliphatic heterocycles. The van der Waals surface area contributed by atoms with Crippen molar-refractivity contribution < 1.29 is 33.5 Å². The maximum absolute atomic E-state index is 12.6. The first-order chi connectivity index (χ1) is 15.8. The molecule has 178 valence electrons. The highest BCUT2D eigenvalue weighted by Crippen LogP contribution is 2.11. The van der Waals surface area contributed by atoms with Crippen LogP contribution in [0, 0.1) is 11.3 Å². The van der Waals surface area contributed by atoms with E-state index in [1.54, 1.807) is 4.90 Å². The highest BCUT2D eigenvalue weighted by molar-refractivity contribution is 6.04. The second kappa shape index (κ2) is 10.7. The molecule has 33 heavy (non-hydrogen) atoms. The minimum Gasteiger partial charge on any atom is -0.464 e. The highest BCUT2D eigenvalue weighted by atomic mass is 16.5. The van der Waals surface area contributed by atoms with Gasteiger partial charge in [0.05, 0.1) is 32.2 Å². The van der Waals surface area contributed by atoms with E-state index in [1.807, 2.05) is 6.07 Å². The number of imide groups is 1. The van der Waals surface area contributed by atoms with Gasteiger partial charge in [0.2, 0.25) is 17.7 Å². The Hall–Kier alpha value is -3.73. The first kappa shape index (κ1) is 23.9. The summed E-state index contributed by atoms with van der Waals surface area (Å²) in [5.74, 6) is -2.42. The molecule has 3 N–H and O–H groups in total. The fourth-order valence-electron chi connectivity index (χ4n) is 3.77. The third kappa shape index (κ3) is 5.95. The first-order valence-corrected chi connectivity index (χ1v) is 10.5. The van der Waals surface area contributed by atoms with Gasteiger partial charge in [-0.3, -0.25) is 29.0 Å². The average Bonchev–Trinajstić information content (AvgIpc) is 3.35. The van der Waals surface area contributed by atoms with E-state index >= 15 is 0 Å². The van der Waals surface area contributed by atoms with Crippen molar-refractivity contribution in [1.29, 1.82) is 5.26 Å². The van der Waals surface area contributed by atoms with Gasteiger partial charge in [-0.2, -0.15) is 5.26 Å². The number of nitrogens with zero attached hydrogens (tertiary/aromatic N) is 4. The van der Waals surface area contributed by atoms with Gasteiger partial charge in [-0.1, -0.05) is 0 Å². The topological polar surface area (TPSA) is 181 Å².